The number of carbonyl (C=O) groups is 3. The molecule has 1 aliphatic carbocycles. The molecule has 2 aromatic rings. The molecule has 2 aliphatic rings. The smallest absolute Gasteiger partial charge is 0.407 e. The van der Waals surface area contributed by atoms with Gasteiger partial charge in [0, 0.05) is 32.0 Å². The molecule has 4 rings (SSSR count). The first-order valence-electron chi connectivity index (χ1n) is 12.4. The zero-order valence-corrected chi connectivity index (χ0v) is 20.5. The minimum absolute atomic E-state index is 0.00585. The molecule has 0 saturated carbocycles. The topological polar surface area (TPSA) is 95.9 Å². The van der Waals surface area contributed by atoms with Crippen molar-refractivity contribution < 1.29 is 24.2 Å². The molecule has 0 radical (unpaired) electrons. The number of unbranched alkanes of at least 4 members (excludes halogenated alkanes) is 2. The largest absolute Gasteiger partial charge is 0.481 e. The molecule has 0 bridgehead atoms. The summed E-state index contributed by atoms with van der Waals surface area (Å²) in [6.07, 6.45) is 2.23. The van der Waals surface area contributed by atoms with E-state index >= 15 is 0 Å². The maximum Gasteiger partial charge on any atom is 0.407 e. The van der Waals surface area contributed by atoms with Crippen LogP contribution in [0.25, 0.3) is 11.1 Å². The van der Waals surface area contributed by atoms with Gasteiger partial charge in [-0.15, -0.1) is 0 Å². The summed E-state index contributed by atoms with van der Waals surface area (Å²) >= 11 is 0. The number of fused-ring (bicyclic) bond motifs is 3. The Morgan fingerprint density at radius 3 is 2.26 bits per heavy atom. The first-order valence-corrected chi connectivity index (χ1v) is 12.4. The van der Waals surface area contributed by atoms with E-state index in [1.807, 2.05) is 31.2 Å². The van der Waals surface area contributed by atoms with Gasteiger partial charge in [0.25, 0.3) is 0 Å². The molecule has 7 nitrogen and oxygen atoms in total. The van der Waals surface area contributed by atoms with E-state index in [4.69, 9.17) is 4.74 Å². The van der Waals surface area contributed by atoms with Crippen molar-refractivity contribution in [1.29, 1.82) is 0 Å². The van der Waals surface area contributed by atoms with Gasteiger partial charge in [0.05, 0.1) is 5.41 Å². The normalized spacial score (nSPS) is 20.9. The summed E-state index contributed by atoms with van der Waals surface area (Å²) in [5.41, 5.74) is 3.89. The van der Waals surface area contributed by atoms with Gasteiger partial charge < -0.3 is 20.1 Å². The van der Waals surface area contributed by atoms with Crippen molar-refractivity contribution in [1.82, 2.24) is 10.2 Å². The number of hydrogen-bond acceptors (Lipinski definition) is 4. The Morgan fingerprint density at radius 1 is 1.03 bits per heavy atom. The molecule has 2 aromatic carbocycles. The molecular formula is C28H34N2O5. The SMILES string of the molecule is C[C@H]1CN(C(=O)CCCCCNC(=O)OCC2c3ccccc3-c3ccccc32)C[C@]1(C)C(=O)O. The summed E-state index contributed by atoms with van der Waals surface area (Å²) in [6, 6.07) is 16.5. The standard InChI is InChI=1S/C28H34N2O5/c1-19-16-30(18-28(19,2)26(32)33)25(31)14-4-3-9-15-29-27(34)35-17-24-22-12-7-5-10-20(22)21-11-6-8-13-23(21)24/h5-8,10-13,19,24H,3-4,9,14-18H2,1-2H3,(H,29,34)(H,32,33)/t19-,28-/m0/s1. The molecule has 2 N–H and O–H groups in total. The van der Waals surface area contributed by atoms with Crippen LogP contribution in [-0.4, -0.2) is 54.2 Å². The predicted molar refractivity (Wildman–Crippen MR) is 133 cm³/mol. The Kier molecular flexibility index (Phi) is 7.43. The molecule has 0 aromatic heterocycles. The number of amides is 2. The van der Waals surface area contributed by atoms with Crippen LogP contribution in [0.15, 0.2) is 48.5 Å². The molecule has 1 saturated heterocycles. The number of aliphatic carboxylic acids is 1. The second-order valence-electron chi connectivity index (χ2n) is 9.96. The van der Waals surface area contributed by atoms with Crippen LogP contribution >= 0.6 is 0 Å². The lowest BCUT2D eigenvalue weighted by atomic mass is 9.81. The van der Waals surface area contributed by atoms with Crippen LogP contribution in [0.2, 0.25) is 0 Å². The first kappa shape index (κ1) is 24.8. The molecule has 186 valence electrons. The number of ether oxygens (including phenoxy) is 1. The number of carboxylic acid groups (broad SMARTS) is 1. The molecule has 0 unspecified atom stereocenters. The van der Waals surface area contributed by atoms with E-state index in [0.717, 1.165) is 12.8 Å². The highest BCUT2D eigenvalue weighted by Gasteiger charge is 2.47. The van der Waals surface area contributed by atoms with Crippen molar-refractivity contribution in [2.75, 3.05) is 26.2 Å². The van der Waals surface area contributed by atoms with Crippen molar-refractivity contribution in [3.05, 3.63) is 59.7 Å². The van der Waals surface area contributed by atoms with Crippen LogP contribution in [0.3, 0.4) is 0 Å². The highest BCUT2D eigenvalue weighted by molar-refractivity contribution is 5.81. The second kappa shape index (κ2) is 10.5. The van der Waals surface area contributed by atoms with Gasteiger partial charge in [-0.25, -0.2) is 4.79 Å². The third-order valence-corrected chi connectivity index (χ3v) is 7.62. The van der Waals surface area contributed by atoms with Crippen molar-refractivity contribution in [2.45, 2.75) is 45.4 Å². The lowest BCUT2D eigenvalue weighted by Crippen LogP contribution is -2.36. The fraction of sp³-hybridized carbons (Fsp3) is 0.464. The molecule has 35 heavy (non-hydrogen) atoms. The Balaban J connectivity index is 1.14. The number of carboxylic acids is 1. The number of rotatable bonds is 9. The van der Waals surface area contributed by atoms with Gasteiger partial charge in [0.15, 0.2) is 0 Å². The zero-order chi connectivity index (χ0) is 25.0. The summed E-state index contributed by atoms with van der Waals surface area (Å²) in [5.74, 6) is -0.869. The van der Waals surface area contributed by atoms with Gasteiger partial charge in [-0.05, 0) is 47.9 Å². The Hall–Kier alpha value is -3.35. The predicted octanol–water partition coefficient (Wildman–Crippen LogP) is 4.65. The number of nitrogens with one attached hydrogen (secondary N) is 1. The maximum absolute atomic E-state index is 12.5. The van der Waals surface area contributed by atoms with E-state index in [-0.39, 0.29) is 30.9 Å². The van der Waals surface area contributed by atoms with Gasteiger partial charge in [-0.1, -0.05) is 61.9 Å². The number of likely N-dealkylation sites (tertiary alicyclic amines) is 1. The van der Waals surface area contributed by atoms with Gasteiger partial charge in [0.2, 0.25) is 5.91 Å². The van der Waals surface area contributed by atoms with E-state index in [9.17, 15) is 19.5 Å². The summed E-state index contributed by atoms with van der Waals surface area (Å²) in [6.45, 7) is 5.13. The highest BCUT2D eigenvalue weighted by Crippen LogP contribution is 2.44. The Labute approximate surface area is 206 Å². The third kappa shape index (κ3) is 5.19. The summed E-state index contributed by atoms with van der Waals surface area (Å²) in [4.78, 5) is 37.9. The van der Waals surface area contributed by atoms with Crippen LogP contribution in [-0.2, 0) is 14.3 Å². The minimum Gasteiger partial charge on any atom is -0.481 e. The van der Waals surface area contributed by atoms with E-state index in [2.05, 4.69) is 29.6 Å². The fourth-order valence-electron chi connectivity index (χ4n) is 5.19. The second-order valence-corrected chi connectivity index (χ2v) is 9.96. The molecule has 0 spiro atoms. The van der Waals surface area contributed by atoms with E-state index < -0.39 is 17.5 Å². The molecule has 7 heteroatoms. The van der Waals surface area contributed by atoms with Crippen molar-refractivity contribution in [3.8, 4) is 11.1 Å². The van der Waals surface area contributed by atoms with Gasteiger partial charge in [0.1, 0.15) is 6.61 Å². The van der Waals surface area contributed by atoms with E-state index in [1.165, 1.54) is 22.3 Å². The van der Waals surface area contributed by atoms with Gasteiger partial charge in [-0.2, -0.15) is 0 Å². The summed E-state index contributed by atoms with van der Waals surface area (Å²) in [7, 11) is 0. The number of alkyl carbamates (subject to hydrolysis) is 1. The van der Waals surface area contributed by atoms with Crippen molar-refractivity contribution >= 4 is 18.0 Å². The number of hydrogen-bond donors (Lipinski definition) is 2. The van der Waals surface area contributed by atoms with Gasteiger partial charge in [-0.3, -0.25) is 9.59 Å². The molecule has 1 aliphatic heterocycles. The molecule has 2 amide bonds. The number of carbonyl (C=O) groups excluding carboxylic acids is 2. The zero-order valence-electron chi connectivity index (χ0n) is 20.5. The van der Waals surface area contributed by atoms with Crippen LogP contribution in [0.4, 0.5) is 4.79 Å². The van der Waals surface area contributed by atoms with E-state index in [1.54, 1.807) is 11.8 Å². The van der Waals surface area contributed by atoms with Gasteiger partial charge >= 0.3 is 12.1 Å². The molecule has 2 atom stereocenters. The first-order chi connectivity index (χ1) is 16.8. The van der Waals surface area contributed by atoms with Crippen LogP contribution in [0.1, 0.15) is 56.6 Å². The highest BCUT2D eigenvalue weighted by atomic mass is 16.5. The lowest BCUT2D eigenvalue weighted by Gasteiger charge is -2.22. The average Bonchev–Trinajstić information content (AvgIpc) is 3.34. The van der Waals surface area contributed by atoms with Crippen LogP contribution in [0.5, 0.6) is 0 Å². The summed E-state index contributed by atoms with van der Waals surface area (Å²) < 4.78 is 5.54. The molecular weight excluding hydrogens is 444 g/mol. The Bertz CT molecular complexity index is 1050. The minimum atomic E-state index is -0.872. The number of nitrogens with zero attached hydrogens (tertiary/aromatic N) is 1. The summed E-state index contributed by atoms with van der Waals surface area (Å²) in [5, 5.41) is 12.3. The third-order valence-electron chi connectivity index (χ3n) is 7.62. The monoisotopic (exact) mass is 478 g/mol. The van der Waals surface area contributed by atoms with E-state index in [0.29, 0.717) is 25.9 Å². The lowest BCUT2D eigenvalue weighted by molar-refractivity contribution is -0.149. The molecule has 1 heterocycles. The van der Waals surface area contributed by atoms with Crippen LogP contribution in [0, 0.1) is 11.3 Å². The fourth-order valence-corrected chi connectivity index (χ4v) is 5.19. The average molecular weight is 479 g/mol. The quantitative estimate of drug-likeness (QED) is 0.511. The Morgan fingerprint density at radius 2 is 1.66 bits per heavy atom. The molecule has 1 fully saturated rings. The maximum atomic E-state index is 12.5. The number of benzene rings is 2. The van der Waals surface area contributed by atoms with Crippen LogP contribution < -0.4 is 5.32 Å². The van der Waals surface area contributed by atoms with Crippen molar-refractivity contribution in [3.63, 3.8) is 0 Å². The van der Waals surface area contributed by atoms with Crippen molar-refractivity contribution in [2.24, 2.45) is 11.3 Å².